The maximum absolute atomic E-state index is 13.2. The van der Waals surface area contributed by atoms with Gasteiger partial charge < -0.3 is 9.80 Å². The van der Waals surface area contributed by atoms with E-state index in [0.29, 0.717) is 25.6 Å². The van der Waals surface area contributed by atoms with Crippen molar-refractivity contribution in [1.82, 2.24) is 29.7 Å². The molecule has 2 fully saturated rings. The van der Waals surface area contributed by atoms with E-state index < -0.39 is 5.82 Å². The summed E-state index contributed by atoms with van der Waals surface area (Å²) in [5.41, 5.74) is 2.18. The number of piperazine rings is 1. The maximum Gasteiger partial charge on any atom is 0.237 e. The standard InChI is InChI=1S/C23H24FN7OS/c24-16-9-26-23(27-10-16)31-17-1-2-18(31)12-29(11-17)14-21(32)30-8-5-19-20(13-30)33-22(28-19)15-3-6-25-7-4-15/h3-4,6-7,9-10,17-18H,1-2,5,8,11-14H2. The first kappa shape index (κ1) is 20.6. The van der Waals surface area contributed by atoms with Gasteiger partial charge in [-0.25, -0.2) is 19.3 Å². The van der Waals surface area contributed by atoms with Gasteiger partial charge in [0.2, 0.25) is 11.9 Å². The van der Waals surface area contributed by atoms with Crippen molar-refractivity contribution in [3.63, 3.8) is 0 Å². The van der Waals surface area contributed by atoms with Gasteiger partial charge in [0.15, 0.2) is 5.82 Å². The first-order chi connectivity index (χ1) is 16.1. The van der Waals surface area contributed by atoms with E-state index in [1.54, 1.807) is 23.7 Å². The summed E-state index contributed by atoms with van der Waals surface area (Å²) in [6.07, 6.45) is 8.89. The molecule has 8 nitrogen and oxygen atoms in total. The lowest BCUT2D eigenvalue weighted by Crippen LogP contribution is -2.56. The molecule has 0 saturated carbocycles. The lowest BCUT2D eigenvalue weighted by atomic mass is 10.1. The summed E-state index contributed by atoms with van der Waals surface area (Å²) in [4.78, 5) is 38.0. The Balaban J connectivity index is 1.10. The number of pyridine rings is 1. The number of nitrogens with zero attached hydrogens (tertiary/aromatic N) is 7. The Morgan fingerprint density at radius 1 is 1.12 bits per heavy atom. The summed E-state index contributed by atoms with van der Waals surface area (Å²) in [6, 6.07) is 4.47. The molecule has 2 unspecified atom stereocenters. The number of likely N-dealkylation sites (tertiary alicyclic amines) is 1. The molecule has 33 heavy (non-hydrogen) atoms. The predicted octanol–water partition coefficient (Wildman–Crippen LogP) is 2.37. The molecule has 2 saturated heterocycles. The monoisotopic (exact) mass is 465 g/mol. The number of hydrogen-bond acceptors (Lipinski definition) is 8. The minimum atomic E-state index is -0.422. The van der Waals surface area contributed by atoms with Gasteiger partial charge in [0.05, 0.1) is 31.2 Å². The van der Waals surface area contributed by atoms with Crippen LogP contribution in [0.5, 0.6) is 0 Å². The number of thiazole rings is 1. The SMILES string of the molecule is O=C(CN1CC2CCC(C1)N2c1ncc(F)cn1)N1CCc2nc(-c3ccncc3)sc2C1. The molecular formula is C23H24FN7OS. The van der Waals surface area contributed by atoms with Crippen molar-refractivity contribution in [2.45, 2.75) is 37.9 Å². The van der Waals surface area contributed by atoms with Gasteiger partial charge in [-0.05, 0) is 25.0 Å². The van der Waals surface area contributed by atoms with E-state index in [-0.39, 0.29) is 18.0 Å². The van der Waals surface area contributed by atoms with Crippen LogP contribution in [0.25, 0.3) is 10.6 Å². The molecular weight excluding hydrogens is 441 g/mol. The van der Waals surface area contributed by atoms with Gasteiger partial charge in [-0.15, -0.1) is 11.3 Å². The van der Waals surface area contributed by atoms with Crippen LogP contribution >= 0.6 is 11.3 Å². The molecule has 2 bridgehead atoms. The van der Waals surface area contributed by atoms with E-state index in [2.05, 4.69) is 24.8 Å². The Labute approximate surface area is 195 Å². The van der Waals surface area contributed by atoms with Crippen LogP contribution in [0.3, 0.4) is 0 Å². The highest BCUT2D eigenvalue weighted by Crippen LogP contribution is 2.34. The number of amides is 1. The van der Waals surface area contributed by atoms with Crippen molar-refractivity contribution in [1.29, 1.82) is 0 Å². The predicted molar refractivity (Wildman–Crippen MR) is 122 cm³/mol. The van der Waals surface area contributed by atoms with E-state index in [9.17, 15) is 9.18 Å². The van der Waals surface area contributed by atoms with Gasteiger partial charge in [-0.2, -0.15) is 0 Å². The van der Waals surface area contributed by atoms with Crippen LogP contribution in [0.2, 0.25) is 0 Å². The number of aromatic nitrogens is 4. The van der Waals surface area contributed by atoms with Gasteiger partial charge in [0.1, 0.15) is 5.01 Å². The topological polar surface area (TPSA) is 78.4 Å². The Morgan fingerprint density at radius 2 is 1.85 bits per heavy atom. The molecule has 0 aromatic carbocycles. The van der Waals surface area contributed by atoms with E-state index >= 15 is 0 Å². The second-order valence-corrected chi connectivity index (χ2v) is 9.96. The van der Waals surface area contributed by atoms with Crippen LogP contribution in [0.1, 0.15) is 23.4 Å². The van der Waals surface area contributed by atoms with Crippen LogP contribution in [0, 0.1) is 5.82 Å². The number of halogens is 1. The third-order valence-corrected chi connectivity index (χ3v) is 7.90. The number of anilines is 1. The molecule has 3 aliphatic heterocycles. The number of carbonyl (C=O) groups is 1. The smallest absolute Gasteiger partial charge is 0.237 e. The van der Waals surface area contributed by atoms with E-state index in [1.165, 1.54) is 17.3 Å². The molecule has 0 aliphatic carbocycles. The zero-order valence-electron chi connectivity index (χ0n) is 18.1. The van der Waals surface area contributed by atoms with Crippen molar-refractivity contribution in [3.05, 3.63) is 53.3 Å². The molecule has 0 radical (unpaired) electrons. The van der Waals surface area contributed by atoms with Gasteiger partial charge in [0.25, 0.3) is 0 Å². The fourth-order valence-electron chi connectivity index (χ4n) is 5.20. The number of fused-ring (bicyclic) bond motifs is 3. The minimum Gasteiger partial charge on any atom is -0.336 e. The zero-order valence-corrected chi connectivity index (χ0v) is 18.9. The average Bonchev–Trinajstić information content (AvgIpc) is 3.38. The maximum atomic E-state index is 13.2. The fraction of sp³-hybridized carbons (Fsp3) is 0.435. The zero-order chi connectivity index (χ0) is 22.4. The third-order valence-electron chi connectivity index (χ3n) is 6.77. The summed E-state index contributed by atoms with van der Waals surface area (Å²) in [5, 5.41) is 0.993. The molecule has 2 atom stereocenters. The van der Waals surface area contributed by atoms with Crippen LogP contribution in [0.15, 0.2) is 36.9 Å². The number of hydrogen-bond donors (Lipinski definition) is 0. The highest BCUT2D eigenvalue weighted by Gasteiger charge is 2.42. The Kier molecular flexibility index (Phi) is 5.26. The Morgan fingerprint density at radius 3 is 2.58 bits per heavy atom. The van der Waals surface area contributed by atoms with E-state index in [1.807, 2.05) is 17.0 Å². The molecule has 0 spiro atoms. The van der Waals surface area contributed by atoms with E-state index in [0.717, 1.165) is 48.6 Å². The Hall–Kier alpha value is -2.98. The average molecular weight is 466 g/mol. The quantitative estimate of drug-likeness (QED) is 0.585. The van der Waals surface area contributed by atoms with Crippen LogP contribution in [-0.2, 0) is 17.8 Å². The summed E-state index contributed by atoms with van der Waals surface area (Å²) < 4.78 is 13.2. The molecule has 6 heterocycles. The molecule has 3 aromatic heterocycles. The van der Waals surface area contributed by atoms with Gasteiger partial charge in [0, 0.05) is 61.0 Å². The van der Waals surface area contributed by atoms with E-state index in [4.69, 9.17) is 4.98 Å². The van der Waals surface area contributed by atoms with Crippen LogP contribution < -0.4 is 4.90 Å². The third kappa shape index (κ3) is 3.97. The summed E-state index contributed by atoms with van der Waals surface area (Å²) in [6.45, 7) is 3.37. The lowest BCUT2D eigenvalue weighted by Gasteiger charge is -2.41. The summed E-state index contributed by atoms with van der Waals surface area (Å²) in [5.74, 6) is 0.341. The first-order valence-corrected chi connectivity index (χ1v) is 12.1. The molecule has 1 amide bonds. The van der Waals surface area contributed by atoms with Gasteiger partial charge in [-0.1, -0.05) is 0 Å². The molecule has 170 valence electrons. The lowest BCUT2D eigenvalue weighted by molar-refractivity contribution is -0.133. The highest BCUT2D eigenvalue weighted by atomic mass is 32.1. The van der Waals surface area contributed by atoms with Crippen molar-refractivity contribution in [2.24, 2.45) is 0 Å². The second kappa shape index (κ2) is 8.42. The first-order valence-electron chi connectivity index (χ1n) is 11.3. The van der Waals surface area contributed by atoms with Crippen molar-refractivity contribution in [2.75, 3.05) is 31.1 Å². The minimum absolute atomic E-state index is 0.172. The normalized spacial score (nSPS) is 22.5. The van der Waals surface area contributed by atoms with Crippen LogP contribution in [-0.4, -0.2) is 73.9 Å². The van der Waals surface area contributed by atoms with Crippen molar-refractivity contribution >= 4 is 23.2 Å². The Bertz CT molecular complexity index is 1140. The molecule has 3 aliphatic rings. The summed E-state index contributed by atoms with van der Waals surface area (Å²) in [7, 11) is 0. The number of carbonyl (C=O) groups excluding carboxylic acids is 1. The summed E-state index contributed by atoms with van der Waals surface area (Å²) >= 11 is 1.67. The fourth-order valence-corrected chi connectivity index (χ4v) is 6.33. The molecule has 3 aromatic rings. The largest absolute Gasteiger partial charge is 0.336 e. The van der Waals surface area contributed by atoms with Crippen molar-refractivity contribution < 1.29 is 9.18 Å². The molecule has 0 N–H and O–H groups in total. The second-order valence-electron chi connectivity index (χ2n) is 8.88. The van der Waals surface area contributed by atoms with Crippen LogP contribution in [0.4, 0.5) is 10.3 Å². The molecule has 6 rings (SSSR count). The van der Waals surface area contributed by atoms with Crippen molar-refractivity contribution in [3.8, 4) is 10.6 Å². The molecule has 10 heteroatoms. The van der Waals surface area contributed by atoms with Gasteiger partial charge in [-0.3, -0.25) is 14.7 Å². The van der Waals surface area contributed by atoms with Gasteiger partial charge >= 0.3 is 0 Å². The number of rotatable bonds is 4. The highest BCUT2D eigenvalue weighted by molar-refractivity contribution is 7.15.